The van der Waals surface area contributed by atoms with Crippen molar-refractivity contribution in [1.82, 2.24) is 29.2 Å². The van der Waals surface area contributed by atoms with Crippen molar-refractivity contribution in [3.05, 3.63) is 62.8 Å². The highest BCUT2D eigenvalue weighted by atomic mass is 79.9. The van der Waals surface area contributed by atoms with Gasteiger partial charge in [-0.1, -0.05) is 0 Å². The van der Waals surface area contributed by atoms with Crippen molar-refractivity contribution in [3.8, 4) is 11.5 Å². The third kappa shape index (κ3) is 4.78. The molecule has 0 bridgehead atoms. The molecule has 0 spiro atoms. The van der Waals surface area contributed by atoms with Crippen LogP contribution in [0.1, 0.15) is 30.9 Å². The monoisotopic (exact) mass is 592 g/mol. The van der Waals surface area contributed by atoms with E-state index in [9.17, 15) is 18.0 Å². The van der Waals surface area contributed by atoms with E-state index in [1.54, 1.807) is 22.8 Å². The second-order valence-corrected chi connectivity index (χ2v) is 10.5. The lowest BCUT2D eigenvalue weighted by Gasteiger charge is -2.41. The van der Waals surface area contributed by atoms with Crippen molar-refractivity contribution in [2.75, 3.05) is 26.3 Å². The zero-order valence-corrected chi connectivity index (χ0v) is 21.8. The lowest BCUT2D eigenvalue weighted by Crippen LogP contribution is -2.52. The van der Waals surface area contributed by atoms with Gasteiger partial charge >= 0.3 is 12.1 Å². The van der Waals surface area contributed by atoms with E-state index in [0.29, 0.717) is 45.3 Å². The Hall–Kier alpha value is -3.03. The summed E-state index contributed by atoms with van der Waals surface area (Å²) in [6, 6.07) is 6.76. The van der Waals surface area contributed by atoms with Crippen molar-refractivity contribution in [1.29, 1.82) is 0 Å². The van der Waals surface area contributed by atoms with Crippen molar-refractivity contribution >= 4 is 27.0 Å². The molecule has 2 saturated heterocycles. The summed E-state index contributed by atoms with van der Waals surface area (Å²) in [4.78, 5) is 20.4. The molecule has 9 nitrogen and oxygen atoms in total. The number of aromatic nitrogens is 5. The Balaban J connectivity index is 1.25. The molecule has 4 aromatic rings. The van der Waals surface area contributed by atoms with Crippen molar-refractivity contribution in [3.63, 3.8) is 0 Å². The quantitative estimate of drug-likeness (QED) is 0.317. The Bertz CT molecular complexity index is 1510. The smallest absolute Gasteiger partial charge is 0.329 e. The van der Waals surface area contributed by atoms with Gasteiger partial charge in [0.05, 0.1) is 52.6 Å². The van der Waals surface area contributed by atoms with E-state index < -0.39 is 18.1 Å². The van der Waals surface area contributed by atoms with Gasteiger partial charge in [-0.3, -0.25) is 19.0 Å². The maximum absolute atomic E-state index is 14.5. The summed E-state index contributed by atoms with van der Waals surface area (Å²) in [5, 5.41) is 6.95. The molecule has 0 amide bonds. The summed E-state index contributed by atoms with van der Waals surface area (Å²) in [5.74, 6) is -0.970. The van der Waals surface area contributed by atoms with Crippen LogP contribution in [-0.2, 0) is 17.8 Å². The largest absolute Gasteiger partial charge is 0.415 e. The van der Waals surface area contributed by atoms with Crippen LogP contribution in [0.2, 0.25) is 0 Å². The number of piperidine rings is 1. The lowest BCUT2D eigenvalue weighted by molar-refractivity contribution is -0.0742. The van der Waals surface area contributed by atoms with Crippen LogP contribution in [0.15, 0.2) is 44.1 Å². The van der Waals surface area contributed by atoms with Crippen molar-refractivity contribution < 1.29 is 22.3 Å². The zero-order valence-electron chi connectivity index (χ0n) is 20.2. The van der Waals surface area contributed by atoms with Crippen LogP contribution in [0.4, 0.5) is 13.2 Å². The molecule has 0 saturated carbocycles. The number of likely N-dealkylation sites (tertiary alicyclic amines) is 1. The highest BCUT2D eigenvalue weighted by Gasteiger charge is 2.30. The fourth-order valence-electron chi connectivity index (χ4n) is 5.08. The standard InChI is InChI=1S/C25H24BrF3N6O3/c26-18-7-20-21(8-19(18)27)35(11-16-2-1-15(9-30-16)23-31-32-24(38-23)22(28)29)25(36)34(20)10-14-3-5-33(6-4-14)17-12-37-13-17/h1-2,7-9,14,17,22H,3-6,10-13H2. The molecule has 0 unspecified atom stereocenters. The van der Waals surface area contributed by atoms with Gasteiger partial charge in [0, 0.05) is 18.8 Å². The summed E-state index contributed by atoms with van der Waals surface area (Å²) in [7, 11) is 0. The molecule has 6 rings (SSSR count). The van der Waals surface area contributed by atoms with Crippen LogP contribution >= 0.6 is 15.9 Å². The normalized spacial score (nSPS) is 17.5. The number of nitrogens with zero attached hydrogens (tertiary/aromatic N) is 6. The van der Waals surface area contributed by atoms with Crippen LogP contribution in [0.3, 0.4) is 0 Å². The molecule has 3 aromatic heterocycles. The van der Waals surface area contributed by atoms with Crippen LogP contribution < -0.4 is 5.69 Å². The molecule has 0 atom stereocenters. The number of ether oxygens (including phenoxy) is 1. The molecule has 5 heterocycles. The number of fused-ring (bicyclic) bond motifs is 1. The van der Waals surface area contributed by atoms with Gasteiger partial charge in [0.15, 0.2) is 0 Å². The number of pyridine rings is 1. The molecule has 38 heavy (non-hydrogen) atoms. The van der Waals surface area contributed by atoms with Crippen LogP contribution in [0.25, 0.3) is 22.5 Å². The van der Waals surface area contributed by atoms with E-state index >= 15 is 0 Å². The summed E-state index contributed by atoms with van der Waals surface area (Å²) >= 11 is 3.26. The second kappa shape index (κ2) is 10.3. The van der Waals surface area contributed by atoms with Crippen molar-refractivity contribution in [2.45, 2.75) is 38.4 Å². The third-order valence-corrected chi connectivity index (χ3v) is 7.91. The molecule has 2 aliphatic rings. The molecular weight excluding hydrogens is 569 g/mol. The number of rotatable bonds is 7. The Labute approximate surface area is 223 Å². The minimum atomic E-state index is -2.86. The van der Waals surface area contributed by atoms with Gasteiger partial charge < -0.3 is 9.15 Å². The number of alkyl halides is 2. The van der Waals surface area contributed by atoms with Crippen molar-refractivity contribution in [2.24, 2.45) is 5.92 Å². The maximum atomic E-state index is 14.5. The predicted octanol–water partition coefficient (Wildman–Crippen LogP) is 4.25. The number of imidazole rings is 1. The Morgan fingerprint density at radius 2 is 1.84 bits per heavy atom. The first kappa shape index (κ1) is 25.3. The van der Waals surface area contributed by atoms with Crippen LogP contribution in [0.5, 0.6) is 0 Å². The maximum Gasteiger partial charge on any atom is 0.329 e. The molecule has 0 aliphatic carbocycles. The Kier molecular flexibility index (Phi) is 6.82. The molecule has 2 fully saturated rings. The van der Waals surface area contributed by atoms with E-state index in [4.69, 9.17) is 9.15 Å². The van der Waals surface area contributed by atoms with E-state index in [2.05, 4.69) is 36.0 Å². The molecule has 200 valence electrons. The number of hydrogen-bond donors (Lipinski definition) is 0. The van der Waals surface area contributed by atoms with E-state index in [1.807, 2.05) is 0 Å². The average Bonchev–Trinajstić information content (AvgIpc) is 3.46. The topological polar surface area (TPSA) is 91.2 Å². The molecule has 13 heteroatoms. The molecular formula is C25H24BrF3N6O3. The second-order valence-electron chi connectivity index (χ2n) is 9.69. The van der Waals surface area contributed by atoms with Gasteiger partial charge in [-0.25, -0.2) is 9.18 Å². The number of benzene rings is 1. The lowest BCUT2D eigenvalue weighted by atomic mass is 9.95. The van der Waals surface area contributed by atoms with Gasteiger partial charge in [0.2, 0.25) is 5.89 Å². The zero-order chi connectivity index (χ0) is 26.4. The average molecular weight is 593 g/mol. The fraction of sp³-hybridized carbons (Fsp3) is 0.440. The summed E-state index contributed by atoms with van der Waals surface area (Å²) in [6.07, 6.45) is 0.506. The number of halogens is 4. The van der Waals surface area contributed by atoms with Gasteiger partial charge in [-0.05, 0) is 66.0 Å². The van der Waals surface area contributed by atoms with Gasteiger partial charge in [0.25, 0.3) is 5.89 Å². The van der Waals surface area contributed by atoms with Crippen LogP contribution in [-0.4, -0.2) is 61.6 Å². The van der Waals surface area contributed by atoms with Gasteiger partial charge in [-0.15, -0.1) is 10.2 Å². The molecule has 0 radical (unpaired) electrons. The van der Waals surface area contributed by atoms with E-state index in [1.165, 1.54) is 16.8 Å². The highest BCUT2D eigenvalue weighted by Crippen LogP contribution is 2.28. The molecule has 1 aromatic carbocycles. The summed E-state index contributed by atoms with van der Waals surface area (Å²) in [6.45, 7) is 4.18. The minimum absolute atomic E-state index is 0.0732. The van der Waals surface area contributed by atoms with Gasteiger partial charge in [0.1, 0.15) is 5.82 Å². The highest BCUT2D eigenvalue weighted by molar-refractivity contribution is 9.10. The predicted molar refractivity (Wildman–Crippen MR) is 134 cm³/mol. The third-order valence-electron chi connectivity index (χ3n) is 7.31. The first-order valence-electron chi connectivity index (χ1n) is 12.3. The van der Waals surface area contributed by atoms with E-state index in [0.717, 1.165) is 39.1 Å². The first-order valence-corrected chi connectivity index (χ1v) is 13.1. The summed E-state index contributed by atoms with van der Waals surface area (Å²) < 4.78 is 53.9. The first-order chi connectivity index (χ1) is 18.4. The fourth-order valence-corrected chi connectivity index (χ4v) is 5.41. The van der Waals surface area contributed by atoms with E-state index in [-0.39, 0.29) is 18.1 Å². The Morgan fingerprint density at radius 1 is 1.08 bits per heavy atom. The SMILES string of the molecule is O=c1n(Cc2ccc(-c3nnc(C(F)F)o3)cn2)c2cc(F)c(Br)cc2n1CC1CCN(C2COC2)CC1. The van der Waals surface area contributed by atoms with Crippen LogP contribution in [0, 0.1) is 11.7 Å². The van der Waals surface area contributed by atoms with Gasteiger partial charge in [-0.2, -0.15) is 8.78 Å². The number of hydrogen-bond acceptors (Lipinski definition) is 7. The minimum Gasteiger partial charge on any atom is -0.415 e. The molecule has 0 N–H and O–H groups in total. The summed E-state index contributed by atoms with van der Waals surface area (Å²) in [5.41, 5.74) is 1.79. The molecule has 2 aliphatic heterocycles. The Morgan fingerprint density at radius 3 is 2.47 bits per heavy atom.